The molecule has 7 rings (SSSR count). The lowest BCUT2D eigenvalue weighted by Crippen LogP contribution is -2.38. The van der Waals surface area contributed by atoms with Gasteiger partial charge in [0.2, 0.25) is 5.95 Å². The molecule has 44 heavy (non-hydrogen) atoms. The minimum absolute atomic E-state index is 0.0829. The van der Waals surface area contributed by atoms with Crippen LogP contribution in [0, 0.1) is 6.92 Å². The summed E-state index contributed by atoms with van der Waals surface area (Å²) in [5.41, 5.74) is 6.59. The van der Waals surface area contributed by atoms with Crippen molar-refractivity contribution in [1.82, 2.24) is 34.6 Å². The van der Waals surface area contributed by atoms with Crippen LogP contribution < -0.4 is 21.5 Å². The fraction of sp³-hybridized carbons (Fsp3) is 0.303. The Morgan fingerprint density at radius 3 is 2.66 bits per heavy atom. The van der Waals surface area contributed by atoms with E-state index in [1.54, 1.807) is 35.0 Å². The van der Waals surface area contributed by atoms with Crippen LogP contribution in [0.15, 0.2) is 77.3 Å². The Balaban J connectivity index is 1.21. The number of hydrogen-bond acceptors (Lipinski definition) is 9. The minimum atomic E-state index is -0.0829. The first-order valence-electron chi connectivity index (χ1n) is 15.0. The highest BCUT2D eigenvalue weighted by atomic mass is 32.2. The third kappa shape index (κ3) is 5.85. The summed E-state index contributed by atoms with van der Waals surface area (Å²) in [5.74, 6) is 0.450. The Kier molecular flexibility index (Phi) is 7.88. The van der Waals surface area contributed by atoms with Gasteiger partial charge in [0.1, 0.15) is 5.65 Å². The molecule has 0 aliphatic carbocycles. The fourth-order valence-corrected chi connectivity index (χ4v) is 6.83. The zero-order chi connectivity index (χ0) is 30.0. The van der Waals surface area contributed by atoms with Crippen molar-refractivity contribution in [1.29, 1.82) is 0 Å². The van der Waals surface area contributed by atoms with Crippen molar-refractivity contribution < 1.29 is 0 Å². The summed E-state index contributed by atoms with van der Waals surface area (Å²) in [5, 5.41) is 17.8. The highest BCUT2D eigenvalue weighted by molar-refractivity contribution is 8.03. The van der Waals surface area contributed by atoms with Gasteiger partial charge in [0.15, 0.2) is 0 Å². The highest BCUT2D eigenvalue weighted by Crippen LogP contribution is 2.29. The van der Waals surface area contributed by atoms with E-state index in [1.165, 1.54) is 12.8 Å². The number of allylic oxidation sites excluding steroid dienone is 1. The van der Waals surface area contributed by atoms with Crippen LogP contribution in [0.5, 0.6) is 0 Å². The number of anilines is 3. The number of thioether (sulfide) groups is 1. The molecule has 0 spiro atoms. The molecule has 6 heterocycles. The number of rotatable bonds is 8. The quantitative estimate of drug-likeness (QED) is 0.211. The van der Waals surface area contributed by atoms with Gasteiger partial charge in [-0.1, -0.05) is 6.08 Å². The van der Waals surface area contributed by atoms with Gasteiger partial charge in [-0.15, -0.1) is 11.8 Å². The van der Waals surface area contributed by atoms with Crippen LogP contribution in [-0.4, -0.2) is 53.7 Å². The van der Waals surface area contributed by atoms with Crippen LogP contribution in [0.25, 0.3) is 33.5 Å². The molecule has 2 aliphatic heterocycles. The van der Waals surface area contributed by atoms with Crippen LogP contribution in [-0.2, 0) is 13.6 Å². The van der Waals surface area contributed by atoms with E-state index in [1.807, 2.05) is 48.9 Å². The molecular formula is C33H35N9OS. The van der Waals surface area contributed by atoms with Crippen molar-refractivity contribution in [3.8, 4) is 22.5 Å². The standard InChI is InChI=1S/C33H35N9OS/c1-21-15-29(30-11-13-37-41(30)2)35-19-28(21)27-16-22-17-36-33(40-31(22)42(32(27)43)20-26-6-4-14-44-26)39-24-9-7-23(8-10-24)38-25-5-3-12-34-18-25/h4,7-11,13-17,19,25-26,34,38H,3,5-6,12,18,20H2,1-2H3,(H,36,39,40). The summed E-state index contributed by atoms with van der Waals surface area (Å²) in [6.07, 6.45) is 10.8. The molecule has 2 atom stereocenters. The van der Waals surface area contributed by atoms with E-state index >= 15 is 0 Å². The molecule has 1 saturated heterocycles. The van der Waals surface area contributed by atoms with Crippen LogP contribution in [0.2, 0.25) is 0 Å². The van der Waals surface area contributed by atoms with Gasteiger partial charge in [0.25, 0.3) is 5.56 Å². The van der Waals surface area contributed by atoms with E-state index in [9.17, 15) is 4.79 Å². The SMILES string of the molecule is Cc1cc(-c2ccnn2C)ncc1-c1cc2cnc(Nc3ccc(NC4CCCNC4)cc3)nc2n(CC2CC=CS2)c1=O. The summed E-state index contributed by atoms with van der Waals surface area (Å²) in [6.45, 7) is 4.64. The van der Waals surface area contributed by atoms with Gasteiger partial charge in [0.05, 0.1) is 11.4 Å². The van der Waals surface area contributed by atoms with E-state index in [0.29, 0.717) is 29.7 Å². The van der Waals surface area contributed by atoms with Crippen molar-refractivity contribution >= 4 is 40.1 Å². The third-order valence-electron chi connectivity index (χ3n) is 8.27. The predicted octanol–water partition coefficient (Wildman–Crippen LogP) is 5.49. The third-order valence-corrected chi connectivity index (χ3v) is 9.35. The molecule has 11 heteroatoms. The maximum Gasteiger partial charge on any atom is 0.260 e. The van der Waals surface area contributed by atoms with E-state index in [2.05, 4.69) is 49.6 Å². The molecule has 4 aromatic heterocycles. The molecule has 0 amide bonds. The number of fused-ring (bicyclic) bond motifs is 1. The first kappa shape index (κ1) is 28.3. The van der Waals surface area contributed by atoms with E-state index in [-0.39, 0.29) is 10.8 Å². The second-order valence-electron chi connectivity index (χ2n) is 11.4. The van der Waals surface area contributed by atoms with E-state index < -0.39 is 0 Å². The van der Waals surface area contributed by atoms with Crippen LogP contribution >= 0.6 is 11.8 Å². The molecule has 0 saturated carbocycles. The number of aromatic nitrogens is 6. The average Bonchev–Trinajstić information content (AvgIpc) is 3.72. The Hall–Kier alpha value is -4.48. The highest BCUT2D eigenvalue weighted by Gasteiger charge is 2.20. The Morgan fingerprint density at radius 1 is 1.07 bits per heavy atom. The zero-order valence-electron chi connectivity index (χ0n) is 24.8. The smallest absolute Gasteiger partial charge is 0.260 e. The largest absolute Gasteiger partial charge is 0.381 e. The van der Waals surface area contributed by atoms with Crippen molar-refractivity contribution in [2.45, 2.75) is 44.0 Å². The van der Waals surface area contributed by atoms with Crippen LogP contribution in [0.3, 0.4) is 0 Å². The molecule has 5 aromatic rings. The van der Waals surface area contributed by atoms with Gasteiger partial charge in [-0.25, -0.2) is 4.98 Å². The summed E-state index contributed by atoms with van der Waals surface area (Å²) in [4.78, 5) is 28.4. The molecule has 0 radical (unpaired) electrons. The molecule has 2 unspecified atom stereocenters. The summed E-state index contributed by atoms with van der Waals surface area (Å²) in [6, 6.07) is 14.5. The molecule has 0 bridgehead atoms. The van der Waals surface area contributed by atoms with E-state index in [0.717, 1.165) is 58.8 Å². The van der Waals surface area contributed by atoms with Crippen molar-refractivity contribution in [3.63, 3.8) is 0 Å². The maximum absolute atomic E-state index is 14.2. The summed E-state index contributed by atoms with van der Waals surface area (Å²) < 4.78 is 3.60. The zero-order valence-corrected chi connectivity index (χ0v) is 25.6. The van der Waals surface area contributed by atoms with Gasteiger partial charge >= 0.3 is 0 Å². The van der Waals surface area contributed by atoms with Gasteiger partial charge < -0.3 is 16.0 Å². The fourth-order valence-electron chi connectivity index (χ4n) is 5.93. The summed E-state index contributed by atoms with van der Waals surface area (Å²) >= 11 is 1.75. The molecule has 2 aliphatic rings. The van der Waals surface area contributed by atoms with Gasteiger partial charge in [-0.05, 0) is 86.2 Å². The lowest BCUT2D eigenvalue weighted by atomic mass is 10.0. The number of pyridine rings is 2. The van der Waals surface area contributed by atoms with Crippen LogP contribution in [0.4, 0.5) is 17.3 Å². The van der Waals surface area contributed by atoms with E-state index in [4.69, 9.17) is 9.97 Å². The minimum Gasteiger partial charge on any atom is -0.381 e. The molecule has 3 N–H and O–H groups in total. The van der Waals surface area contributed by atoms with Gasteiger partial charge in [-0.3, -0.25) is 19.0 Å². The van der Waals surface area contributed by atoms with Crippen molar-refractivity contribution in [3.05, 3.63) is 88.5 Å². The monoisotopic (exact) mass is 605 g/mol. The second kappa shape index (κ2) is 12.3. The van der Waals surface area contributed by atoms with Gasteiger partial charge in [-0.2, -0.15) is 10.1 Å². The molecule has 1 fully saturated rings. The molecular weight excluding hydrogens is 570 g/mol. The Bertz CT molecular complexity index is 1880. The molecule has 1 aromatic carbocycles. The molecule has 224 valence electrons. The Labute approximate surface area is 260 Å². The molecule has 10 nitrogen and oxygen atoms in total. The topological polar surface area (TPSA) is 115 Å². The second-order valence-corrected chi connectivity index (χ2v) is 12.6. The lowest BCUT2D eigenvalue weighted by Gasteiger charge is -2.24. The average molecular weight is 606 g/mol. The Morgan fingerprint density at radius 2 is 1.93 bits per heavy atom. The van der Waals surface area contributed by atoms with Gasteiger partial charge in [0, 0.05) is 77.9 Å². The van der Waals surface area contributed by atoms with Crippen molar-refractivity contribution in [2.75, 3.05) is 23.7 Å². The number of benzene rings is 1. The number of nitrogens with zero attached hydrogens (tertiary/aromatic N) is 6. The maximum atomic E-state index is 14.2. The predicted molar refractivity (Wildman–Crippen MR) is 178 cm³/mol. The normalized spacial score (nSPS) is 18.1. The van der Waals surface area contributed by atoms with Crippen LogP contribution in [0.1, 0.15) is 24.8 Å². The number of nitrogens with one attached hydrogen (secondary N) is 3. The number of aryl methyl sites for hydroxylation is 2. The van der Waals surface area contributed by atoms with Crippen molar-refractivity contribution in [2.24, 2.45) is 7.05 Å². The lowest BCUT2D eigenvalue weighted by molar-refractivity contribution is 0.480. The first-order chi connectivity index (χ1) is 21.5. The summed E-state index contributed by atoms with van der Waals surface area (Å²) in [7, 11) is 1.89. The number of piperidine rings is 1. The number of hydrogen-bond donors (Lipinski definition) is 3. The first-order valence-corrected chi connectivity index (χ1v) is 16.0.